The molecule has 3 aromatic carbocycles. The van der Waals surface area contributed by atoms with Crippen molar-refractivity contribution in [3.05, 3.63) is 95.6 Å². The molecule has 0 aromatic heterocycles. The smallest absolute Gasteiger partial charge is 0.256 e. The zero-order chi connectivity index (χ0) is 19.9. The molecule has 0 radical (unpaired) electrons. The number of thioether (sulfide) groups is 1. The van der Waals surface area contributed by atoms with Gasteiger partial charge < -0.3 is 10.2 Å². The molecule has 0 bridgehead atoms. The molecule has 0 aliphatic rings. The molecule has 0 aliphatic heterocycles. The summed E-state index contributed by atoms with van der Waals surface area (Å²) in [5, 5.41) is 2.85. The van der Waals surface area contributed by atoms with E-state index < -0.39 is 0 Å². The number of nitrogens with zero attached hydrogens (tertiary/aromatic N) is 1. The highest BCUT2D eigenvalue weighted by molar-refractivity contribution is 7.98. The molecule has 0 heterocycles. The number of hydrogen-bond acceptors (Lipinski definition) is 3. The first-order chi connectivity index (χ1) is 13.6. The third kappa shape index (κ3) is 4.81. The van der Waals surface area contributed by atoms with Gasteiger partial charge in [-0.2, -0.15) is 0 Å². The average Bonchev–Trinajstić information content (AvgIpc) is 2.74. The van der Waals surface area contributed by atoms with E-state index in [1.165, 1.54) is 4.90 Å². The van der Waals surface area contributed by atoms with E-state index >= 15 is 0 Å². The third-order valence-corrected chi connectivity index (χ3v) is 5.11. The number of anilines is 1. The largest absolute Gasteiger partial charge is 0.337 e. The fourth-order valence-electron chi connectivity index (χ4n) is 2.84. The standard InChI is InChI=1S/C23H22N2O2S/c1-25(16-17-12-14-19(28-2)15-13-17)23(27)20-10-6-7-11-21(20)24-22(26)18-8-4-3-5-9-18/h3-15H,16H2,1-2H3,(H,24,26). The lowest BCUT2D eigenvalue weighted by Gasteiger charge is -2.19. The van der Waals surface area contributed by atoms with Crippen LogP contribution in [0.1, 0.15) is 26.3 Å². The maximum atomic E-state index is 13.0. The van der Waals surface area contributed by atoms with E-state index in [9.17, 15) is 9.59 Å². The second-order valence-electron chi connectivity index (χ2n) is 6.38. The predicted octanol–water partition coefficient (Wildman–Crippen LogP) is 4.93. The molecule has 28 heavy (non-hydrogen) atoms. The van der Waals surface area contributed by atoms with Gasteiger partial charge in [0.2, 0.25) is 0 Å². The van der Waals surface area contributed by atoms with Crippen LogP contribution in [0.4, 0.5) is 5.69 Å². The summed E-state index contributed by atoms with van der Waals surface area (Å²) in [6, 6.07) is 24.2. The summed E-state index contributed by atoms with van der Waals surface area (Å²) < 4.78 is 0. The highest BCUT2D eigenvalue weighted by atomic mass is 32.2. The Labute approximate surface area is 169 Å². The van der Waals surface area contributed by atoms with Crippen molar-refractivity contribution in [3.63, 3.8) is 0 Å². The van der Waals surface area contributed by atoms with Crippen LogP contribution in [0.2, 0.25) is 0 Å². The highest BCUT2D eigenvalue weighted by Crippen LogP contribution is 2.20. The summed E-state index contributed by atoms with van der Waals surface area (Å²) in [4.78, 5) is 28.3. The maximum absolute atomic E-state index is 13.0. The van der Waals surface area contributed by atoms with Crippen molar-refractivity contribution in [2.75, 3.05) is 18.6 Å². The van der Waals surface area contributed by atoms with Crippen molar-refractivity contribution >= 4 is 29.3 Å². The van der Waals surface area contributed by atoms with E-state index in [1.54, 1.807) is 60.1 Å². The van der Waals surface area contributed by atoms with Crippen LogP contribution in [-0.4, -0.2) is 30.0 Å². The van der Waals surface area contributed by atoms with Crippen molar-refractivity contribution in [2.45, 2.75) is 11.4 Å². The molecule has 142 valence electrons. The molecule has 3 rings (SSSR count). The van der Waals surface area contributed by atoms with Crippen LogP contribution in [0.3, 0.4) is 0 Å². The minimum atomic E-state index is -0.240. The molecule has 0 spiro atoms. The van der Waals surface area contributed by atoms with E-state index in [0.29, 0.717) is 23.4 Å². The summed E-state index contributed by atoms with van der Waals surface area (Å²) >= 11 is 1.68. The summed E-state index contributed by atoms with van der Waals surface area (Å²) in [5.41, 5.74) is 2.58. The molecule has 0 atom stereocenters. The Bertz CT molecular complexity index is 956. The third-order valence-electron chi connectivity index (χ3n) is 4.37. The zero-order valence-corrected chi connectivity index (χ0v) is 16.7. The van der Waals surface area contributed by atoms with Gasteiger partial charge in [0.1, 0.15) is 0 Å². The van der Waals surface area contributed by atoms with Crippen LogP contribution >= 0.6 is 11.8 Å². The summed E-state index contributed by atoms with van der Waals surface area (Å²) in [6.45, 7) is 0.495. The SMILES string of the molecule is CSc1ccc(CN(C)C(=O)c2ccccc2NC(=O)c2ccccc2)cc1. The Morgan fingerprint density at radius 2 is 1.54 bits per heavy atom. The van der Waals surface area contributed by atoms with Crippen molar-refractivity contribution < 1.29 is 9.59 Å². The Morgan fingerprint density at radius 1 is 0.893 bits per heavy atom. The van der Waals surface area contributed by atoms with Gasteiger partial charge >= 0.3 is 0 Å². The number of benzene rings is 3. The Morgan fingerprint density at radius 3 is 2.21 bits per heavy atom. The number of carbonyl (C=O) groups is 2. The van der Waals surface area contributed by atoms with E-state index in [1.807, 2.05) is 48.7 Å². The molecule has 3 aromatic rings. The van der Waals surface area contributed by atoms with Gasteiger partial charge in [-0.3, -0.25) is 9.59 Å². The van der Waals surface area contributed by atoms with Crippen molar-refractivity contribution in [3.8, 4) is 0 Å². The number of nitrogens with one attached hydrogen (secondary N) is 1. The maximum Gasteiger partial charge on any atom is 0.256 e. The van der Waals surface area contributed by atoms with E-state index in [-0.39, 0.29) is 11.8 Å². The molecule has 0 saturated carbocycles. The van der Waals surface area contributed by atoms with E-state index in [2.05, 4.69) is 5.32 Å². The molecule has 0 aliphatic carbocycles. The van der Waals surface area contributed by atoms with Gasteiger partial charge in [-0.05, 0) is 48.2 Å². The molecule has 1 N–H and O–H groups in total. The minimum Gasteiger partial charge on any atom is -0.337 e. The van der Waals surface area contributed by atoms with Crippen molar-refractivity contribution in [1.82, 2.24) is 4.90 Å². The zero-order valence-electron chi connectivity index (χ0n) is 15.9. The molecule has 5 heteroatoms. The second kappa shape index (κ2) is 9.24. The van der Waals surface area contributed by atoms with Crippen LogP contribution in [0.5, 0.6) is 0 Å². The number of rotatable bonds is 6. The summed E-state index contributed by atoms with van der Waals surface area (Å²) in [7, 11) is 1.76. The molecule has 4 nitrogen and oxygen atoms in total. The lowest BCUT2D eigenvalue weighted by molar-refractivity contribution is 0.0786. The number of amides is 2. The molecular weight excluding hydrogens is 368 g/mol. The molecule has 0 unspecified atom stereocenters. The quantitative estimate of drug-likeness (QED) is 0.607. The first-order valence-corrected chi connectivity index (χ1v) is 10.1. The van der Waals surface area contributed by atoms with Crippen molar-refractivity contribution in [2.24, 2.45) is 0 Å². The second-order valence-corrected chi connectivity index (χ2v) is 7.25. The van der Waals surface area contributed by atoms with Gasteiger partial charge in [-0.15, -0.1) is 11.8 Å². The first-order valence-electron chi connectivity index (χ1n) is 8.92. The Kier molecular flexibility index (Phi) is 6.50. The molecule has 0 fully saturated rings. The van der Waals surface area contributed by atoms with Crippen LogP contribution in [0.15, 0.2) is 83.8 Å². The number of para-hydroxylation sites is 1. The lowest BCUT2D eigenvalue weighted by Crippen LogP contribution is -2.27. The van der Waals surface area contributed by atoms with Crippen molar-refractivity contribution in [1.29, 1.82) is 0 Å². The van der Waals surface area contributed by atoms with Gasteiger partial charge in [0.25, 0.3) is 11.8 Å². The molecule has 2 amide bonds. The first kappa shape index (κ1) is 19.7. The highest BCUT2D eigenvalue weighted by Gasteiger charge is 2.17. The van der Waals surface area contributed by atoms with E-state index in [4.69, 9.17) is 0 Å². The summed E-state index contributed by atoms with van der Waals surface area (Å²) in [5.74, 6) is -0.380. The normalized spacial score (nSPS) is 10.4. The van der Waals surface area contributed by atoms with Crippen LogP contribution in [-0.2, 0) is 6.54 Å². The van der Waals surface area contributed by atoms with Crippen LogP contribution < -0.4 is 5.32 Å². The average molecular weight is 391 g/mol. The number of hydrogen-bond donors (Lipinski definition) is 1. The topological polar surface area (TPSA) is 49.4 Å². The fourth-order valence-corrected chi connectivity index (χ4v) is 3.25. The Balaban J connectivity index is 1.75. The Hall–Kier alpha value is -3.05. The molecule has 0 saturated heterocycles. The van der Waals surface area contributed by atoms with Gasteiger partial charge in [-0.1, -0.05) is 42.5 Å². The van der Waals surface area contributed by atoms with Gasteiger partial charge in [-0.25, -0.2) is 0 Å². The van der Waals surface area contributed by atoms with Crippen LogP contribution in [0, 0.1) is 0 Å². The monoisotopic (exact) mass is 390 g/mol. The van der Waals surface area contributed by atoms with E-state index in [0.717, 1.165) is 5.56 Å². The van der Waals surface area contributed by atoms with Gasteiger partial charge in [0.15, 0.2) is 0 Å². The lowest BCUT2D eigenvalue weighted by atomic mass is 10.1. The fraction of sp³-hybridized carbons (Fsp3) is 0.130. The van der Waals surface area contributed by atoms with Gasteiger partial charge in [0.05, 0.1) is 11.3 Å². The van der Waals surface area contributed by atoms with Crippen LogP contribution in [0.25, 0.3) is 0 Å². The molecular formula is C23H22N2O2S. The number of carbonyl (C=O) groups excluding carboxylic acids is 2. The predicted molar refractivity (Wildman–Crippen MR) is 115 cm³/mol. The van der Waals surface area contributed by atoms with Gasteiger partial charge in [0, 0.05) is 24.1 Å². The summed E-state index contributed by atoms with van der Waals surface area (Å²) in [6.07, 6.45) is 2.03. The minimum absolute atomic E-state index is 0.141.